The molecule has 0 N–H and O–H groups in total. The summed E-state index contributed by atoms with van der Waals surface area (Å²) in [6.07, 6.45) is 8.96. The third kappa shape index (κ3) is 3.63. The van der Waals surface area contributed by atoms with Gasteiger partial charge in [0.2, 0.25) is 5.82 Å². The average molecular weight is 405 g/mol. The number of amides is 3. The molecule has 7 nitrogen and oxygen atoms in total. The van der Waals surface area contributed by atoms with Crippen LogP contribution in [0.15, 0.2) is 47.0 Å². The Morgan fingerprint density at radius 2 is 2.00 bits per heavy atom. The molecule has 2 aromatic rings. The molecule has 1 aliphatic heterocycles. The highest BCUT2D eigenvalue weighted by molar-refractivity contribution is 6.16. The van der Waals surface area contributed by atoms with E-state index in [9.17, 15) is 9.59 Å². The first kappa shape index (κ1) is 19.9. The smallest absolute Gasteiger partial charge is 0.335 e. The fraction of sp³-hybridized carbons (Fsp3) is 0.348. The number of fused-ring (bicyclic) bond motifs is 1. The van der Waals surface area contributed by atoms with Crippen LogP contribution in [0, 0.1) is 19.8 Å². The number of hydrogen-bond acceptors (Lipinski definition) is 5. The van der Waals surface area contributed by atoms with Crippen molar-refractivity contribution in [2.24, 2.45) is 5.92 Å². The molecule has 0 spiro atoms. The number of allylic oxidation sites excluding steroid dienone is 3. The van der Waals surface area contributed by atoms with Crippen LogP contribution in [0.5, 0.6) is 0 Å². The fourth-order valence-electron chi connectivity index (χ4n) is 3.65. The van der Waals surface area contributed by atoms with E-state index in [2.05, 4.69) is 10.1 Å². The number of rotatable bonds is 6. The van der Waals surface area contributed by atoms with Crippen molar-refractivity contribution in [2.75, 3.05) is 6.54 Å². The zero-order valence-corrected chi connectivity index (χ0v) is 17.5. The lowest BCUT2D eigenvalue weighted by Crippen LogP contribution is -2.54. The number of unbranched alkanes of at least 4 members (excludes halogenated alkanes) is 1. The van der Waals surface area contributed by atoms with Gasteiger partial charge in [-0.15, -0.1) is 0 Å². The van der Waals surface area contributed by atoms with E-state index in [1.165, 1.54) is 10.5 Å². The van der Waals surface area contributed by atoms with Gasteiger partial charge < -0.3 is 4.52 Å². The minimum atomic E-state index is -0.466. The summed E-state index contributed by atoms with van der Waals surface area (Å²) in [5, 5.41) is 4.09. The third-order valence-corrected chi connectivity index (χ3v) is 5.57. The largest absolute Gasteiger partial charge is 0.501 e. The second-order valence-electron chi connectivity index (χ2n) is 7.67. The molecule has 0 saturated carbocycles. The van der Waals surface area contributed by atoms with Crippen LogP contribution < -0.4 is 0 Å². The number of aromatic nitrogens is 2. The van der Waals surface area contributed by atoms with Crippen LogP contribution in [0.25, 0.3) is 11.4 Å². The Morgan fingerprint density at radius 3 is 2.77 bits per heavy atom. The van der Waals surface area contributed by atoms with Crippen molar-refractivity contribution in [2.45, 2.75) is 40.2 Å². The number of benzene rings is 1. The molecule has 0 saturated heterocycles. The van der Waals surface area contributed by atoms with Crippen molar-refractivity contribution in [3.8, 4) is 11.4 Å². The summed E-state index contributed by atoms with van der Waals surface area (Å²) in [7, 11) is 0. The molecule has 0 fully saturated rings. The number of hydrogen-bond donors (Lipinski definition) is 0. The van der Waals surface area contributed by atoms with Crippen molar-refractivity contribution in [1.29, 1.82) is 0 Å². The highest BCUT2D eigenvalue weighted by Crippen LogP contribution is 2.23. The summed E-state index contributed by atoms with van der Waals surface area (Å²) < 4.78 is 7.02. The van der Waals surface area contributed by atoms with Gasteiger partial charge in [0.05, 0.1) is 6.54 Å². The molecule has 2 aliphatic rings. The van der Waals surface area contributed by atoms with Crippen molar-refractivity contribution in [3.63, 3.8) is 0 Å². The summed E-state index contributed by atoms with van der Waals surface area (Å²) in [6.45, 7) is 6.65. The van der Waals surface area contributed by atoms with Gasteiger partial charge in [0.25, 0.3) is 5.89 Å². The van der Waals surface area contributed by atoms with Crippen LogP contribution in [0.2, 0.25) is 0 Å². The van der Waals surface area contributed by atoms with Crippen LogP contribution in [-0.4, -0.2) is 43.8 Å². The molecule has 1 aromatic carbocycles. The summed E-state index contributed by atoms with van der Waals surface area (Å²) in [5.41, 5.74) is 3.85. The Balaban J connectivity index is 1.65. The maximum absolute atomic E-state index is 13.1. The molecule has 154 valence electrons. The number of urea groups is 1. The first-order valence-electron chi connectivity index (χ1n) is 10.2. The van der Waals surface area contributed by atoms with Gasteiger partial charge >= 0.3 is 11.9 Å². The fourth-order valence-corrected chi connectivity index (χ4v) is 3.65. The van der Waals surface area contributed by atoms with E-state index in [0.717, 1.165) is 24.0 Å². The maximum Gasteiger partial charge on any atom is 0.501 e. The highest BCUT2D eigenvalue weighted by Gasteiger charge is 2.46. The molecule has 2 heterocycles. The van der Waals surface area contributed by atoms with Gasteiger partial charge in [-0.1, -0.05) is 48.9 Å². The molecule has 1 aliphatic carbocycles. The average Bonchev–Trinajstić information content (AvgIpc) is 3.22. The summed E-state index contributed by atoms with van der Waals surface area (Å²) in [6, 6.07) is 5.64. The number of nitrogens with zero attached hydrogens (tertiary/aromatic N) is 4. The number of carbonyl (C=O) groups is 2. The number of imide groups is 1. The Bertz CT molecular complexity index is 1090. The Kier molecular flexibility index (Phi) is 5.44. The molecule has 1 aromatic heterocycles. The quantitative estimate of drug-likeness (QED) is 0.683. The van der Waals surface area contributed by atoms with Crippen LogP contribution in [0.3, 0.4) is 0 Å². The van der Waals surface area contributed by atoms with E-state index in [0.29, 0.717) is 24.0 Å². The molecule has 3 amide bonds. The monoisotopic (exact) mass is 405 g/mol. The van der Waals surface area contributed by atoms with Crippen molar-refractivity contribution >= 4 is 17.6 Å². The molecular weight excluding hydrogens is 380 g/mol. The zero-order chi connectivity index (χ0) is 21.3. The summed E-state index contributed by atoms with van der Waals surface area (Å²) in [5.74, 6) is 0.168. The first-order chi connectivity index (χ1) is 14.5. The van der Waals surface area contributed by atoms with E-state index in [4.69, 9.17) is 4.52 Å². The van der Waals surface area contributed by atoms with Gasteiger partial charge in [-0.3, -0.25) is 0 Å². The predicted molar refractivity (Wildman–Crippen MR) is 112 cm³/mol. The SMILES string of the molecule is CCCCN1C(=O)C2C=CC=CC2=[N+](Cc2nc(-c3ccc(C)c(C)c3)no2)C1=O. The topological polar surface area (TPSA) is 79.3 Å². The minimum Gasteiger partial charge on any atom is -0.335 e. The number of aryl methyl sites for hydroxylation is 2. The van der Waals surface area contributed by atoms with Crippen molar-refractivity contribution in [3.05, 3.63) is 59.5 Å². The lowest BCUT2D eigenvalue weighted by atomic mass is 9.94. The second-order valence-corrected chi connectivity index (χ2v) is 7.67. The zero-order valence-electron chi connectivity index (χ0n) is 17.5. The minimum absolute atomic E-state index is 0.122. The lowest BCUT2D eigenvalue weighted by Gasteiger charge is -2.26. The van der Waals surface area contributed by atoms with Gasteiger partial charge in [0, 0.05) is 5.56 Å². The van der Waals surface area contributed by atoms with Crippen LogP contribution in [0.1, 0.15) is 36.8 Å². The molecule has 7 heteroatoms. The molecule has 0 radical (unpaired) electrons. The standard InChI is InChI=1S/C23H25N4O3/c1-4-5-12-26-22(28)18-8-6-7-9-19(18)27(23(26)29)14-20-24-21(25-30-20)17-11-10-15(2)16(3)13-17/h6-11,13,18H,4-5,12,14H2,1-3H3/q+1. The van der Waals surface area contributed by atoms with Gasteiger partial charge in [0.1, 0.15) is 11.6 Å². The van der Waals surface area contributed by atoms with Crippen molar-refractivity contribution in [1.82, 2.24) is 15.0 Å². The van der Waals surface area contributed by atoms with E-state index in [1.54, 1.807) is 10.7 Å². The van der Waals surface area contributed by atoms with Crippen LogP contribution >= 0.6 is 0 Å². The van der Waals surface area contributed by atoms with Gasteiger partial charge in [-0.2, -0.15) is 19.3 Å². The van der Waals surface area contributed by atoms with Crippen LogP contribution in [0.4, 0.5) is 4.79 Å². The lowest BCUT2D eigenvalue weighted by molar-refractivity contribution is -0.460. The Morgan fingerprint density at radius 1 is 1.17 bits per heavy atom. The second kappa shape index (κ2) is 8.18. The van der Waals surface area contributed by atoms with Crippen molar-refractivity contribution < 1.29 is 18.7 Å². The Labute approximate surface area is 175 Å². The van der Waals surface area contributed by atoms with E-state index in [1.807, 2.05) is 57.2 Å². The Hall–Kier alpha value is -3.35. The molecule has 1 unspecified atom stereocenters. The normalized spacial score (nSPS) is 18.4. The van der Waals surface area contributed by atoms with Gasteiger partial charge in [0.15, 0.2) is 6.54 Å². The third-order valence-electron chi connectivity index (χ3n) is 5.57. The molecule has 0 bridgehead atoms. The molecule has 4 rings (SSSR count). The molecule has 1 atom stereocenters. The maximum atomic E-state index is 13.1. The summed E-state index contributed by atoms with van der Waals surface area (Å²) >= 11 is 0. The first-order valence-corrected chi connectivity index (χ1v) is 10.2. The molecular formula is C23H25N4O3+. The van der Waals surface area contributed by atoms with Crippen LogP contribution in [-0.2, 0) is 11.3 Å². The number of carbonyl (C=O) groups excluding carboxylic acids is 2. The molecule has 30 heavy (non-hydrogen) atoms. The summed E-state index contributed by atoms with van der Waals surface area (Å²) in [4.78, 5) is 31.8. The van der Waals surface area contributed by atoms with E-state index >= 15 is 0 Å². The van der Waals surface area contributed by atoms with E-state index in [-0.39, 0.29) is 18.5 Å². The van der Waals surface area contributed by atoms with E-state index < -0.39 is 5.92 Å². The van der Waals surface area contributed by atoms with Gasteiger partial charge in [-0.05, 0) is 43.5 Å². The predicted octanol–water partition coefficient (Wildman–Crippen LogP) is 3.81. The highest BCUT2D eigenvalue weighted by atomic mass is 16.5. The van der Waals surface area contributed by atoms with Gasteiger partial charge in [-0.25, -0.2) is 4.79 Å².